The lowest BCUT2D eigenvalue weighted by atomic mass is 10.1. The Hall–Kier alpha value is -2.62. The van der Waals surface area contributed by atoms with Gasteiger partial charge in [-0.1, -0.05) is 18.2 Å². The highest BCUT2D eigenvalue weighted by molar-refractivity contribution is 7.89. The molecule has 0 saturated heterocycles. The zero-order valence-corrected chi connectivity index (χ0v) is 16.5. The number of hydrogen-bond donors (Lipinski definition) is 3. The monoisotopic (exact) mass is 408 g/mol. The van der Waals surface area contributed by atoms with Crippen LogP contribution in [0.1, 0.15) is 18.1 Å². The maximum atomic E-state index is 12.1. The van der Waals surface area contributed by atoms with Crippen LogP contribution in [0.25, 0.3) is 0 Å². The third-order valence-corrected chi connectivity index (χ3v) is 5.46. The number of aliphatic hydroxyl groups is 1. The summed E-state index contributed by atoms with van der Waals surface area (Å²) in [6.07, 6.45) is -1.07. The maximum Gasteiger partial charge on any atom is 0.240 e. The van der Waals surface area contributed by atoms with Crippen LogP contribution < -0.4 is 19.5 Å². The maximum absolute atomic E-state index is 12.1. The number of methoxy groups -OCH3 is 2. The lowest BCUT2D eigenvalue weighted by molar-refractivity contribution is -0.121. The molecule has 0 heterocycles. The number of ether oxygens (including phenoxy) is 2. The molecule has 2 rings (SSSR count). The summed E-state index contributed by atoms with van der Waals surface area (Å²) in [5, 5.41) is 12.9. The van der Waals surface area contributed by atoms with Gasteiger partial charge in [0, 0.05) is 25.1 Å². The van der Waals surface area contributed by atoms with Crippen LogP contribution in [0.5, 0.6) is 11.5 Å². The predicted octanol–water partition coefficient (Wildman–Crippen LogP) is 1.22. The highest BCUT2D eigenvalue weighted by Crippen LogP contribution is 2.29. The van der Waals surface area contributed by atoms with E-state index in [0.29, 0.717) is 17.1 Å². The zero-order valence-electron chi connectivity index (χ0n) is 15.7. The minimum Gasteiger partial charge on any atom is -0.497 e. The molecule has 0 spiro atoms. The van der Waals surface area contributed by atoms with Crippen molar-refractivity contribution in [2.24, 2.45) is 0 Å². The summed E-state index contributed by atoms with van der Waals surface area (Å²) in [5.41, 5.74) is 0.479. The fourth-order valence-corrected chi connectivity index (χ4v) is 3.54. The number of amides is 1. The van der Waals surface area contributed by atoms with Gasteiger partial charge in [-0.15, -0.1) is 0 Å². The summed E-state index contributed by atoms with van der Waals surface area (Å²) in [6.45, 7) is -0.102. The van der Waals surface area contributed by atoms with Gasteiger partial charge in [-0.3, -0.25) is 4.79 Å². The molecule has 0 fully saturated rings. The lowest BCUT2D eigenvalue weighted by Gasteiger charge is -2.16. The van der Waals surface area contributed by atoms with Crippen molar-refractivity contribution < 1.29 is 27.8 Å². The van der Waals surface area contributed by atoms with E-state index in [-0.39, 0.29) is 24.4 Å². The minimum atomic E-state index is -3.66. The fraction of sp³-hybridized carbons (Fsp3) is 0.316. The molecule has 152 valence electrons. The van der Waals surface area contributed by atoms with Gasteiger partial charge in [-0.05, 0) is 30.3 Å². The SMILES string of the molecule is COc1ccc(OC)c(C(O)CNC(=O)CCNS(=O)(=O)c2ccccc2)c1. The van der Waals surface area contributed by atoms with E-state index >= 15 is 0 Å². The number of sulfonamides is 1. The van der Waals surface area contributed by atoms with Crippen LogP contribution in [-0.2, 0) is 14.8 Å². The summed E-state index contributed by atoms with van der Waals surface area (Å²) in [5.74, 6) is 0.631. The van der Waals surface area contributed by atoms with E-state index in [1.807, 2.05) is 0 Å². The molecule has 0 radical (unpaired) electrons. The lowest BCUT2D eigenvalue weighted by Crippen LogP contribution is -2.33. The van der Waals surface area contributed by atoms with E-state index in [0.717, 1.165) is 0 Å². The second-order valence-electron chi connectivity index (χ2n) is 5.89. The number of carbonyl (C=O) groups is 1. The summed E-state index contributed by atoms with van der Waals surface area (Å²) in [7, 11) is -0.665. The molecule has 1 unspecified atom stereocenters. The first kappa shape index (κ1) is 21.7. The van der Waals surface area contributed by atoms with Gasteiger partial charge in [0.2, 0.25) is 15.9 Å². The van der Waals surface area contributed by atoms with Gasteiger partial charge >= 0.3 is 0 Å². The van der Waals surface area contributed by atoms with E-state index in [2.05, 4.69) is 10.0 Å². The Morgan fingerprint density at radius 1 is 1.11 bits per heavy atom. The highest BCUT2D eigenvalue weighted by atomic mass is 32.2. The second kappa shape index (κ2) is 10.1. The Labute approximate surface area is 164 Å². The smallest absolute Gasteiger partial charge is 0.240 e. The number of rotatable bonds is 10. The Morgan fingerprint density at radius 3 is 2.46 bits per heavy atom. The Morgan fingerprint density at radius 2 is 1.82 bits per heavy atom. The highest BCUT2D eigenvalue weighted by Gasteiger charge is 2.17. The van der Waals surface area contributed by atoms with Crippen LogP contribution in [0.3, 0.4) is 0 Å². The summed E-state index contributed by atoms with van der Waals surface area (Å²) in [4.78, 5) is 12.1. The molecule has 3 N–H and O–H groups in total. The van der Waals surface area contributed by atoms with Crippen molar-refractivity contribution in [1.82, 2.24) is 10.0 Å². The largest absolute Gasteiger partial charge is 0.497 e. The number of nitrogens with one attached hydrogen (secondary N) is 2. The van der Waals surface area contributed by atoms with E-state index in [1.54, 1.807) is 36.4 Å². The van der Waals surface area contributed by atoms with Crippen LogP contribution in [0, 0.1) is 0 Å². The molecule has 1 amide bonds. The third-order valence-electron chi connectivity index (χ3n) is 3.99. The van der Waals surface area contributed by atoms with Crippen molar-refractivity contribution >= 4 is 15.9 Å². The van der Waals surface area contributed by atoms with Crippen molar-refractivity contribution in [3.8, 4) is 11.5 Å². The minimum absolute atomic E-state index is 0.0478. The molecule has 0 aliphatic heterocycles. The average molecular weight is 408 g/mol. The fourth-order valence-electron chi connectivity index (χ4n) is 2.49. The Bertz CT molecular complexity index is 887. The predicted molar refractivity (Wildman–Crippen MR) is 104 cm³/mol. The molecule has 9 heteroatoms. The van der Waals surface area contributed by atoms with Crippen LogP contribution in [-0.4, -0.2) is 46.7 Å². The molecule has 0 bridgehead atoms. The van der Waals surface area contributed by atoms with Gasteiger partial charge < -0.3 is 19.9 Å². The van der Waals surface area contributed by atoms with E-state index in [4.69, 9.17) is 9.47 Å². The topological polar surface area (TPSA) is 114 Å². The van der Waals surface area contributed by atoms with Crippen LogP contribution in [0.15, 0.2) is 53.4 Å². The quantitative estimate of drug-likeness (QED) is 0.545. The first-order chi connectivity index (χ1) is 13.4. The van der Waals surface area contributed by atoms with Crippen molar-refractivity contribution in [2.45, 2.75) is 17.4 Å². The van der Waals surface area contributed by atoms with E-state index in [1.165, 1.54) is 26.4 Å². The Kier molecular flexibility index (Phi) is 7.80. The summed E-state index contributed by atoms with van der Waals surface area (Å²) < 4.78 is 36.9. The number of benzene rings is 2. The second-order valence-corrected chi connectivity index (χ2v) is 7.66. The molecular formula is C19H24N2O6S. The third kappa shape index (κ3) is 5.95. The zero-order chi connectivity index (χ0) is 20.6. The molecular weight excluding hydrogens is 384 g/mol. The van der Waals surface area contributed by atoms with Crippen LogP contribution in [0.2, 0.25) is 0 Å². The molecule has 0 saturated carbocycles. The molecule has 28 heavy (non-hydrogen) atoms. The van der Waals surface area contributed by atoms with Crippen molar-refractivity contribution in [1.29, 1.82) is 0 Å². The van der Waals surface area contributed by atoms with Crippen molar-refractivity contribution in [3.05, 3.63) is 54.1 Å². The molecule has 0 aliphatic rings. The van der Waals surface area contributed by atoms with Gasteiger partial charge in [0.1, 0.15) is 11.5 Å². The Balaban J connectivity index is 1.84. The van der Waals surface area contributed by atoms with Gasteiger partial charge in [-0.25, -0.2) is 13.1 Å². The molecule has 8 nitrogen and oxygen atoms in total. The van der Waals surface area contributed by atoms with Gasteiger partial charge in [0.15, 0.2) is 0 Å². The van der Waals surface area contributed by atoms with E-state index < -0.39 is 22.0 Å². The number of aliphatic hydroxyl groups excluding tert-OH is 1. The molecule has 2 aromatic carbocycles. The molecule has 1 atom stereocenters. The van der Waals surface area contributed by atoms with Crippen molar-refractivity contribution in [3.63, 3.8) is 0 Å². The summed E-state index contributed by atoms with van der Waals surface area (Å²) in [6, 6.07) is 12.9. The molecule has 0 aliphatic carbocycles. The number of carbonyl (C=O) groups excluding carboxylic acids is 1. The van der Waals surface area contributed by atoms with Gasteiger partial charge in [0.25, 0.3) is 0 Å². The van der Waals surface area contributed by atoms with E-state index in [9.17, 15) is 18.3 Å². The van der Waals surface area contributed by atoms with Crippen LogP contribution >= 0.6 is 0 Å². The average Bonchev–Trinajstić information content (AvgIpc) is 2.72. The standard InChI is InChI=1S/C19H24N2O6S/c1-26-14-8-9-18(27-2)16(12-14)17(22)13-20-19(23)10-11-21-28(24,25)15-6-4-3-5-7-15/h3-9,12,17,21-22H,10-11,13H2,1-2H3,(H,20,23). The summed E-state index contributed by atoms with van der Waals surface area (Å²) >= 11 is 0. The first-order valence-electron chi connectivity index (χ1n) is 8.58. The molecule has 0 aromatic heterocycles. The number of hydrogen-bond acceptors (Lipinski definition) is 6. The van der Waals surface area contributed by atoms with Crippen molar-refractivity contribution in [2.75, 3.05) is 27.3 Å². The molecule has 2 aromatic rings. The first-order valence-corrected chi connectivity index (χ1v) is 10.1. The van der Waals surface area contributed by atoms with Crippen LogP contribution in [0.4, 0.5) is 0 Å². The normalized spacial score (nSPS) is 12.2. The van der Waals surface area contributed by atoms with Gasteiger partial charge in [-0.2, -0.15) is 0 Å². The van der Waals surface area contributed by atoms with Gasteiger partial charge in [0.05, 0.1) is 25.2 Å².